The van der Waals surface area contributed by atoms with Crippen LogP contribution in [-0.2, 0) is 4.79 Å². The molecule has 1 amide bonds. The molecule has 0 saturated heterocycles. The fraction of sp³-hybridized carbons (Fsp3) is 0.308. The fourth-order valence-corrected chi connectivity index (χ4v) is 2.69. The molecule has 0 aliphatic heterocycles. The molecule has 4 heteroatoms. The Balaban J connectivity index is 2.19. The normalized spacial score (nSPS) is 14.5. The van der Waals surface area contributed by atoms with Crippen LogP contribution in [-0.4, -0.2) is 17.1 Å². The molecule has 1 heterocycles. The van der Waals surface area contributed by atoms with Gasteiger partial charge in [0.2, 0.25) is 5.91 Å². The van der Waals surface area contributed by atoms with Gasteiger partial charge in [-0.05, 0) is 31.4 Å². The quantitative estimate of drug-likeness (QED) is 0.878. The molecule has 3 nitrogen and oxygen atoms in total. The van der Waals surface area contributed by atoms with Gasteiger partial charge in [0.1, 0.15) is 6.10 Å². The Morgan fingerprint density at radius 1 is 1.35 bits per heavy atom. The van der Waals surface area contributed by atoms with Gasteiger partial charge in [-0.2, -0.15) is 0 Å². The number of aliphatic hydroxyl groups excluding tert-OH is 1. The van der Waals surface area contributed by atoms with Crippen LogP contribution in [0, 0.1) is 0 Å². The maximum atomic E-state index is 11.4. The number of rotatable bonds is 3. The van der Waals surface area contributed by atoms with Gasteiger partial charge in [-0.1, -0.05) is 18.2 Å². The van der Waals surface area contributed by atoms with Crippen LogP contribution in [0.2, 0.25) is 0 Å². The van der Waals surface area contributed by atoms with Crippen molar-refractivity contribution in [3.05, 3.63) is 35.2 Å². The van der Waals surface area contributed by atoms with Crippen molar-refractivity contribution in [3.63, 3.8) is 0 Å². The van der Waals surface area contributed by atoms with Crippen molar-refractivity contribution in [2.45, 2.75) is 26.0 Å². The smallest absolute Gasteiger partial charge is 0.249 e. The monoisotopic (exact) mass is 249 g/mol. The first-order valence-corrected chi connectivity index (χ1v) is 6.36. The van der Waals surface area contributed by atoms with Crippen LogP contribution in [0.5, 0.6) is 0 Å². The first kappa shape index (κ1) is 12.1. The molecule has 0 bridgehead atoms. The number of amides is 1. The Morgan fingerprint density at radius 3 is 2.71 bits per heavy atom. The Hall–Kier alpha value is -1.39. The maximum Gasteiger partial charge on any atom is 0.249 e. The average Bonchev–Trinajstić information content (AvgIpc) is 2.72. The Labute approximate surface area is 104 Å². The second-order valence-corrected chi connectivity index (χ2v) is 5.21. The van der Waals surface area contributed by atoms with E-state index < -0.39 is 6.10 Å². The second kappa shape index (κ2) is 4.85. The van der Waals surface area contributed by atoms with E-state index in [1.54, 1.807) is 11.3 Å². The lowest BCUT2D eigenvalue weighted by Gasteiger charge is -2.13. The van der Waals surface area contributed by atoms with Crippen molar-refractivity contribution < 1.29 is 9.90 Å². The van der Waals surface area contributed by atoms with Crippen molar-refractivity contribution in [2.75, 3.05) is 0 Å². The molecule has 2 N–H and O–H groups in total. The minimum Gasteiger partial charge on any atom is -0.384 e. The predicted octanol–water partition coefficient (Wildman–Crippen LogP) is 2.46. The van der Waals surface area contributed by atoms with Crippen LogP contribution in [0.3, 0.4) is 0 Å². The van der Waals surface area contributed by atoms with Gasteiger partial charge in [0, 0.05) is 9.58 Å². The average molecular weight is 249 g/mol. The molecule has 1 aromatic heterocycles. The van der Waals surface area contributed by atoms with Crippen molar-refractivity contribution in [1.29, 1.82) is 0 Å². The highest BCUT2D eigenvalue weighted by molar-refractivity contribution is 7.19. The summed E-state index contributed by atoms with van der Waals surface area (Å²) in [6, 6.07) is 10.1. The minimum atomic E-state index is -0.966. The number of carbonyl (C=O) groups is 1. The topological polar surface area (TPSA) is 49.3 Å². The summed E-state index contributed by atoms with van der Waals surface area (Å²) in [6.45, 7) is 3.39. The largest absolute Gasteiger partial charge is 0.384 e. The van der Waals surface area contributed by atoms with E-state index in [2.05, 4.69) is 23.5 Å². The molecule has 0 fully saturated rings. The van der Waals surface area contributed by atoms with E-state index in [4.69, 9.17) is 5.11 Å². The highest BCUT2D eigenvalue weighted by Crippen LogP contribution is 2.29. The molecular weight excluding hydrogens is 234 g/mol. The van der Waals surface area contributed by atoms with Crippen molar-refractivity contribution >= 4 is 27.3 Å². The SMILES string of the molecule is C[C@H](O)C(=O)N[C@@H](C)c1cc2ccccc2s1. The van der Waals surface area contributed by atoms with Crippen LogP contribution in [0.1, 0.15) is 24.8 Å². The number of fused-ring (bicyclic) bond motifs is 1. The van der Waals surface area contributed by atoms with Crippen molar-refractivity contribution in [1.82, 2.24) is 5.32 Å². The Bertz CT molecular complexity index is 500. The fourth-order valence-electron chi connectivity index (χ4n) is 1.62. The number of hydrogen-bond acceptors (Lipinski definition) is 3. The molecule has 0 saturated carbocycles. The molecule has 0 aliphatic carbocycles. The molecular formula is C13H15NO2S. The molecule has 1 aromatic carbocycles. The lowest BCUT2D eigenvalue weighted by Crippen LogP contribution is -2.34. The third kappa shape index (κ3) is 2.65. The summed E-state index contributed by atoms with van der Waals surface area (Å²) in [5, 5.41) is 13.1. The molecule has 0 aliphatic rings. The summed E-state index contributed by atoms with van der Waals surface area (Å²) >= 11 is 1.66. The highest BCUT2D eigenvalue weighted by atomic mass is 32.1. The predicted molar refractivity (Wildman–Crippen MR) is 70.1 cm³/mol. The zero-order valence-electron chi connectivity index (χ0n) is 9.81. The standard InChI is InChI=1S/C13H15NO2S/c1-8(14-13(16)9(2)15)12-7-10-5-3-4-6-11(10)17-12/h3-9,15H,1-2H3,(H,14,16)/t8-,9-/m0/s1. The molecule has 2 atom stereocenters. The number of carbonyl (C=O) groups excluding carboxylic acids is 1. The van der Waals surface area contributed by atoms with Gasteiger partial charge in [0.05, 0.1) is 6.04 Å². The summed E-state index contributed by atoms with van der Waals surface area (Å²) in [6.07, 6.45) is -0.966. The lowest BCUT2D eigenvalue weighted by atomic mass is 10.2. The maximum absolute atomic E-state index is 11.4. The van der Waals surface area contributed by atoms with E-state index in [1.165, 1.54) is 17.0 Å². The molecule has 0 unspecified atom stereocenters. The van der Waals surface area contributed by atoms with E-state index in [-0.39, 0.29) is 11.9 Å². The molecule has 2 rings (SSSR count). The van der Waals surface area contributed by atoms with Gasteiger partial charge in [0.15, 0.2) is 0 Å². The van der Waals surface area contributed by atoms with Gasteiger partial charge in [-0.25, -0.2) is 0 Å². The van der Waals surface area contributed by atoms with Gasteiger partial charge < -0.3 is 10.4 Å². The van der Waals surface area contributed by atoms with Gasteiger partial charge in [-0.15, -0.1) is 11.3 Å². The van der Waals surface area contributed by atoms with Crippen LogP contribution >= 0.6 is 11.3 Å². The molecule has 0 spiro atoms. The van der Waals surface area contributed by atoms with Crippen LogP contribution < -0.4 is 5.32 Å². The van der Waals surface area contributed by atoms with Crippen molar-refractivity contribution in [3.8, 4) is 0 Å². The number of hydrogen-bond donors (Lipinski definition) is 2. The summed E-state index contributed by atoms with van der Waals surface area (Å²) in [7, 11) is 0. The number of nitrogens with one attached hydrogen (secondary N) is 1. The zero-order chi connectivity index (χ0) is 12.4. The highest BCUT2D eigenvalue weighted by Gasteiger charge is 2.15. The summed E-state index contributed by atoms with van der Waals surface area (Å²) in [5.74, 6) is -0.338. The first-order chi connectivity index (χ1) is 8.08. The third-order valence-electron chi connectivity index (χ3n) is 2.61. The Kier molecular flexibility index (Phi) is 3.45. The van der Waals surface area contributed by atoms with Crippen LogP contribution in [0.15, 0.2) is 30.3 Å². The van der Waals surface area contributed by atoms with E-state index in [0.717, 1.165) is 4.88 Å². The van der Waals surface area contributed by atoms with Crippen LogP contribution in [0.4, 0.5) is 0 Å². The number of thiophene rings is 1. The van der Waals surface area contributed by atoms with Gasteiger partial charge in [0.25, 0.3) is 0 Å². The summed E-state index contributed by atoms with van der Waals surface area (Å²) in [4.78, 5) is 12.5. The lowest BCUT2D eigenvalue weighted by molar-refractivity contribution is -0.129. The summed E-state index contributed by atoms with van der Waals surface area (Å²) in [5.41, 5.74) is 0. The van der Waals surface area contributed by atoms with E-state index in [0.29, 0.717) is 0 Å². The number of aliphatic hydroxyl groups is 1. The summed E-state index contributed by atoms with van der Waals surface area (Å²) < 4.78 is 1.21. The van der Waals surface area contributed by atoms with Gasteiger partial charge >= 0.3 is 0 Å². The van der Waals surface area contributed by atoms with Crippen molar-refractivity contribution in [2.24, 2.45) is 0 Å². The van der Waals surface area contributed by atoms with Crippen LogP contribution in [0.25, 0.3) is 10.1 Å². The third-order valence-corrected chi connectivity index (χ3v) is 3.91. The first-order valence-electron chi connectivity index (χ1n) is 5.55. The van der Waals surface area contributed by atoms with E-state index >= 15 is 0 Å². The van der Waals surface area contributed by atoms with Gasteiger partial charge in [-0.3, -0.25) is 4.79 Å². The minimum absolute atomic E-state index is 0.0745. The second-order valence-electron chi connectivity index (χ2n) is 4.09. The molecule has 2 aromatic rings. The molecule has 90 valence electrons. The Morgan fingerprint density at radius 2 is 2.06 bits per heavy atom. The van der Waals surface area contributed by atoms with E-state index in [1.807, 2.05) is 19.1 Å². The molecule has 17 heavy (non-hydrogen) atoms. The van der Waals surface area contributed by atoms with E-state index in [9.17, 15) is 4.79 Å². The zero-order valence-corrected chi connectivity index (χ0v) is 10.6. The molecule has 0 radical (unpaired) electrons. The number of benzene rings is 1.